The molecule has 0 aliphatic carbocycles. The summed E-state index contributed by atoms with van der Waals surface area (Å²) in [5, 5.41) is 0. The lowest BCUT2D eigenvalue weighted by atomic mass is 10.2. The van der Waals surface area contributed by atoms with Gasteiger partial charge in [-0.05, 0) is 20.5 Å². The van der Waals surface area contributed by atoms with Gasteiger partial charge in [-0.25, -0.2) is 4.99 Å². The summed E-state index contributed by atoms with van der Waals surface area (Å²) in [6.45, 7) is 2.10. The Hall–Kier alpha value is -1.03. The van der Waals surface area contributed by atoms with Crippen molar-refractivity contribution in [3.05, 3.63) is 11.9 Å². The average Bonchev–Trinajstić information content (AvgIpc) is 2.15. The summed E-state index contributed by atoms with van der Waals surface area (Å²) in [6, 6.07) is 0. The van der Waals surface area contributed by atoms with Crippen molar-refractivity contribution in [3.63, 3.8) is 0 Å². The normalized spacial score (nSPS) is 16.6. The molecule has 14 heavy (non-hydrogen) atoms. The molecule has 0 spiro atoms. The Morgan fingerprint density at radius 3 is 2.50 bits per heavy atom. The Bertz CT molecular complexity index is 243. The van der Waals surface area contributed by atoms with E-state index in [9.17, 15) is 0 Å². The summed E-state index contributed by atoms with van der Waals surface area (Å²) >= 11 is 0. The summed E-state index contributed by atoms with van der Waals surface area (Å²) in [4.78, 5) is 8.56. The van der Waals surface area contributed by atoms with Gasteiger partial charge < -0.3 is 15.5 Å². The highest BCUT2D eigenvalue weighted by Gasteiger charge is 2.09. The molecular formula is C10H20N4. The Labute approximate surface area is 86.1 Å². The van der Waals surface area contributed by atoms with E-state index in [4.69, 9.17) is 5.73 Å². The van der Waals surface area contributed by atoms with Crippen LogP contribution >= 0.6 is 0 Å². The van der Waals surface area contributed by atoms with E-state index in [0.29, 0.717) is 0 Å². The van der Waals surface area contributed by atoms with Crippen molar-refractivity contribution in [2.75, 3.05) is 34.2 Å². The fourth-order valence-corrected chi connectivity index (χ4v) is 1.33. The van der Waals surface area contributed by atoms with Gasteiger partial charge in [-0.3, -0.25) is 0 Å². The van der Waals surface area contributed by atoms with Gasteiger partial charge in [0.05, 0.1) is 5.84 Å². The van der Waals surface area contributed by atoms with E-state index < -0.39 is 0 Å². The summed E-state index contributed by atoms with van der Waals surface area (Å²) in [5.74, 6) is 0.745. The minimum Gasteiger partial charge on any atom is -0.387 e. The van der Waals surface area contributed by atoms with Gasteiger partial charge in [0.25, 0.3) is 0 Å². The van der Waals surface area contributed by atoms with E-state index in [2.05, 4.69) is 35.9 Å². The zero-order chi connectivity index (χ0) is 10.6. The molecule has 0 fully saturated rings. The van der Waals surface area contributed by atoms with Crippen LogP contribution in [0.5, 0.6) is 0 Å². The van der Waals surface area contributed by atoms with Gasteiger partial charge in [0.2, 0.25) is 0 Å². The van der Waals surface area contributed by atoms with Crippen molar-refractivity contribution in [2.45, 2.75) is 12.8 Å². The van der Waals surface area contributed by atoms with E-state index in [1.54, 1.807) is 0 Å². The zero-order valence-electron chi connectivity index (χ0n) is 9.32. The van der Waals surface area contributed by atoms with Crippen molar-refractivity contribution in [1.29, 1.82) is 0 Å². The van der Waals surface area contributed by atoms with Crippen LogP contribution in [0.25, 0.3) is 0 Å². The van der Waals surface area contributed by atoms with Gasteiger partial charge in [-0.1, -0.05) is 0 Å². The van der Waals surface area contributed by atoms with Gasteiger partial charge in [-0.15, -0.1) is 0 Å². The third-order valence-electron chi connectivity index (χ3n) is 2.39. The van der Waals surface area contributed by atoms with Crippen LogP contribution in [0.3, 0.4) is 0 Å². The Balaban J connectivity index is 2.41. The second-order valence-electron chi connectivity index (χ2n) is 3.97. The lowest BCUT2D eigenvalue weighted by molar-refractivity contribution is 0.319. The molecule has 0 bridgehead atoms. The summed E-state index contributed by atoms with van der Waals surface area (Å²) in [6.07, 6.45) is 3.78. The maximum Gasteiger partial charge on any atom is 0.0993 e. The van der Waals surface area contributed by atoms with Crippen LogP contribution in [0.15, 0.2) is 16.9 Å². The summed E-state index contributed by atoms with van der Waals surface area (Å²) in [7, 11) is 6.27. The van der Waals surface area contributed by atoms with Crippen molar-refractivity contribution >= 4 is 5.84 Å². The first kappa shape index (κ1) is 11.0. The second kappa shape index (κ2) is 5.00. The van der Waals surface area contributed by atoms with E-state index in [0.717, 1.165) is 31.8 Å². The average molecular weight is 196 g/mol. The van der Waals surface area contributed by atoms with Gasteiger partial charge in [0, 0.05) is 38.5 Å². The molecule has 0 saturated carbocycles. The highest BCUT2D eigenvalue weighted by Crippen LogP contribution is 2.13. The lowest BCUT2D eigenvalue weighted by Crippen LogP contribution is -2.29. The van der Waals surface area contributed by atoms with Crippen molar-refractivity contribution in [2.24, 2.45) is 10.7 Å². The fraction of sp³-hybridized carbons (Fsp3) is 0.700. The van der Waals surface area contributed by atoms with Crippen LogP contribution in [-0.4, -0.2) is 49.9 Å². The number of nitrogens with zero attached hydrogens (tertiary/aromatic N) is 3. The minimum absolute atomic E-state index is 0.745. The molecule has 1 aliphatic rings. The summed E-state index contributed by atoms with van der Waals surface area (Å²) < 4.78 is 0. The predicted octanol–water partition coefficient (Wildman–Crippen LogP) is 0.472. The third-order valence-corrected chi connectivity index (χ3v) is 2.39. The smallest absolute Gasteiger partial charge is 0.0993 e. The molecule has 80 valence electrons. The molecule has 0 radical (unpaired) electrons. The van der Waals surface area contributed by atoms with Crippen LogP contribution in [0.2, 0.25) is 0 Å². The molecule has 0 atom stereocenters. The van der Waals surface area contributed by atoms with E-state index >= 15 is 0 Å². The number of aliphatic imine (C=N–C) groups is 1. The molecular weight excluding hydrogens is 176 g/mol. The highest BCUT2D eigenvalue weighted by molar-refractivity contribution is 5.81. The first-order chi connectivity index (χ1) is 6.59. The number of amidine groups is 1. The Morgan fingerprint density at radius 1 is 1.29 bits per heavy atom. The monoisotopic (exact) mass is 196 g/mol. The molecule has 0 aromatic rings. The standard InChI is InChI=1S/C10H20N4/c1-13(2)6-7-14(3)9-4-5-10(11)12-8-9/h8H,4-7H2,1-3H3,(H2,11,12). The molecule has 1 rings (SSSR count). The fourth-order valence-electron chi connectivity index (χ4n) is 1.33. The Morgan fingerprint density at radius 2 is 2.00 bits per heavy atom. The van der Waals surface area contributed by atoms with Crippen LogP contribution in [-0.2, 0) is 0 Å². The van der Waals surface area contributed by atoms with Gasteiger partial charge >= 0.3 is 0 Å². The number of hydrogen-bond acceptors (Lipinski definition) is 4. The molecule has 0 unspecified atom stereocenters. The maximum absolute atomic E-state index is 5.60. The van der Waals surface area contributed by atoms with Gasteiger partial charge in [-0.2, -0.15) is 0 Å². The van der Waals surface area contributed by atoms with E-state index in [-0.39, 0.29) is 0 Å². The highest BCUT2D eigenvalue weighted by atomic mass is 15.2. The molecule has 0 saturated heterocycles. The predicted molar refractivity (Wildman–Crippen MR) is 60.1 cm³/mol. The van der Waals surface area contributed by atoms with Crippen molar-refractivity contribution < 1.29 is 0 Å². The van der Waals surface area contributed by atoms with Crippen LogP contribution in [0.4, 0.5) is 0 Å². The maximum atomic E-state index is 5.60. The van der Waals surface area contributed by atoms with Crippen LogP contribution in [0.1, 0.15) is 12.8 Å². The molecule has 4 nitrogen and oxygen atoms in total. The first-order valence-electron chi connectivity index (χ1n) is 4.96. The molecule has 1 heterocycles. The van der Waals surface area contributed by atoms with Crippen LogP contribution in [0, 0.1) is 0 Å². The minimum atomic E-state index is 0.745. The number of likely N-dealkylation sites (N-methyl/N-ethyl adjacent to an activating group) is 2. The molecule has 0 aromatic carbocycles. The second-order valence-corrected chi connectivity index (χ2v) is 3.97. The molecule has 0 amide bonds. The van der Waals surface area contributed by atoms with Crippen molar-refractivity contribution in [3.8, 4) is 0 Å². The van der Waals surface area contributed by atoms with Gasteiger partial charge in [0.15, 0.2) is 0 Å². The molecule has 4 heteroatoms. The molecule has 0 aromatic heterocycles. The summed E-state index contributed by atoms with van der Waals surface area (Å²) in [5.41, 5.74) is 6.88. The topological polar surface area (TPSA) is 44.9 Å². The first-order valence-corrected chi connectivity index (χ1v) is 4.96. The molecule has 2 N–H and O–H groups in total. The number of nitrogens with two attached hydrogens (primary N) is 1. The SMILES string of the molecule is CN(C)CCN(C)C1=CN=C(N)CC1. The lowest BCUT2D eigenvalue weighted by Gasteiger charge is -2.25. The van der Waals surface area contributed by atoms with Crippen LogP contribution < -0.4 is 5.73 Å². The number of allylic oxidation sites excluding steroid dienone is 1. The number of rotatable bonds is 4. The van der Waals surface area contributed by atoms with Crippen molar-refractivity contribution in [1.82, 2.24) is 9.80 Å². The van der Waals surface area contributed by atoms with E-state index in [1.165, 1.54) is 5.70 Å². The third kappa shape index (κ3) is 3.38. The molecule has 1 aliphatic heterocycles. The van der Waals surface area contributed by atoms with Gasteiger partial charge in [0.1, 0.15) is 0 Å². The Kier molecular flexibility index (Phi) is 3.95. The zero-order valence-corrected chi connectivity index (χ0v) is 9.32. The largest absolute Gasteiger partial charge is 0.387 e. The number of hydrogen-bond donors (Lipinski definition) is 1. The quantitative estimate of drug-likeness (QED) is 0.711. The van der Waals surface area contributed by atoms with E-state index in [1.807, 2.05) is 6.20 Å².